The number of rotatable bonds is 21. The molecule has 0 aliphatic carbocycles. The largest absolute Gasteiger partial charge is 0.573 e. The van der Waals surface area contributed by atoms with Crippen molar-refractivity contribution >= 4 is 81.2 Å². The Labute approximate surface area is 787 Å². The minimum atomic E-state index is -4.79. The molecule has 0 saturated heterocycles. The molecule has 0 fully saturated rings. The van der Waals surface area contributed by atoms with Gasteiger partial charge < -0.3 is 26.0 Å². The number of aromatic amines is 4. The molecule has 0 aliphatic rings. The van der Waals surface area contributed by atoms with Crippen molar-refractivity contribution in [2.24, 2.45) is 0 Å². The molecular weight excluding hydrogens is 1840 g/mol. The first kappa shape index (κ1) is 97.9. The maximum atomic E-state index is 13.5. The van der Waals surface area contributed by atoms with Gasteiger partial charge in [-0.2, -0.15) is 17.6 Å². The normalized spacial score (nSPS) is 11.0. The highest BCUT2D eigenvalue weighted by Crippen LogP contribution is 2.35. The van der Waals surface area contributed by atoms with Crippen LogP contribution in [0.2, 0.25) is 15.1 Å². The van der Waals surface area contributed by atoms with Crippen LogP contribution in [0.25, 0.3) is 67.3 Å². The third-order valence-electron chi connectivity index (χ3n) is 20.9. The van der Waals surface area contributed by atoms with Gasteiger partial charge in [0.15, 0.2) is 0 Å². The molecule has 12 aromatic carbocycles. The molecule has 0 radical (unpaired) electrons. The second kappa shape index (κ2) is 43.4. The summed E-state index contributed by atoms with van der Waals surface area (Å²) in [4.78, 5) is 152. The van der Waals surface area contributed by atoms with Crippen molar-refractivity contribution in [1.29, 1.82) is 0 Å². The number of H-pyrrole nitrogens is 4. The number of aromatic nitrogens is 8. The van der Waals surface area contributed by atoms with Gasteiger partial charge in [0.25, 0.3) is 22.2 Å². The lowest BCUT2D eigenvalue weighted by molar-refractivity contribution is -0.274. The molecule has 4 amide bonds. The first-order valence-corrected chi connectivity index (χ1v) is 42.6. The fourth-order valence-electron chi connectivity index (χ4n) is 14.0. The third-order valence-corrected chi connectivity index (χ3v) is 22.0. The first-order valence-electron chi connectivity index (χ1n) is 41.5. The topological polar surface area (TPSA) is 345 Å². The van der Waals surface area contributed by atoms with Crippen LogP contribution in [0.15, 0.2) is 342 Å². The van der Waals surface area contributed by atoms with Crippen molar-refractivity contribution in [3.05, 3.63) is 458 Å². The fraction of sp³-hybridized carbons (Fsp3) is 0.0980. The lowest BCUT2D eigenvalue weighted by atomic mass is 10.00. The monoisotopic (exact) mass is 1920 g/mol. The highest BCUT2D eigenvalue weighted by molar-refractivity contribution is 6.42. The average Bonchev–Trinajstić information content (AvgIpc) is 0.831. The van der Waals surface area contributed by atoms with Gasteiger partial charge in [-0.25, -0.2) is 19.2 Å². The number of benzene rings is 12. The fourth-order valence-corrected chi connectivity index (χ4v) is 14.5. The van der Waals surface area contributed by atoms with Crippen LogP contribution < -0.4 is 71.0 Å². The summed E-state index contributed by atoms with van der Waals surface area (Å²) >= 11 is 18.3. The van der Waals surface area contributed by atoms with E-state index in [2.05, 4.69) is 41.0 Å². The number of amides is 4. The molecule has 4 aromatic heterocycles. The third kappa shape index (κ3) is 26.7. The molecular formula is C102H78Cl3F7N12O13. The van der Waals surface area contributed by atoms with Crippen LogP contribution in [-0.2, 0) is 51.0 Å². The van der Waals surface area contributed by atoms with Crippen LogP contribution in [0.5, 0.6) is 5.75 Å². The van der Waals surface area contributed by atoms with Gasteiger partial charge in [-0.05, 0) is 239 Å². The number of ether oxygens (including phenoxy) is 1. The van der Waals surface area contributed by atoms with E-state index in [9.17, 15) is 88.3 Å². The van der Waals surface area contributed by atoms with E-state index in [1.165, 1.54) is 74.8 Å². The van der Waals surface area contributed by atoms with Crippen molar-refractivity contribution in [2.45, 2.75) is 65.9 Å². The van der Waals surface area contributed by atoms with Crippen molar-refractivity contribution in [2.75, 3.05) is 21.3 Å². The standard InChI is InChI=1S/C26H22ClN3O3.C26H20F3N3O4.C26H20F3N3O3.C24H16Cl2FN3O3/c1-16-6-7-20(15-22(16)27)19-5-3-4-18(13-19)14-25(32)28-23-9-8-21(12-17(23)2)30-11-10-24(31)29-26(30)33;1-16-15-32(25(35)31-24(16)34)21-10-8-20(9-11-21)30-23(33)13-17-4-2-5-18(12-17)19-6-3-7-22(14-19)36-26(27,28)29;1-16-15-32(25(35)31-24(16)34)22-10-8-21(9-11-22)30-23(33)13-17-4-2-5-18(12-17)19-6-3-7-20(14-19)26(27,28)29;25-19-9-4-16(12-20(19)26)15-3-1-2-14(10-15)11-22(31)28-17-5-7-18(8-6-17)30-13-21(27)23(32)29-24(30)33/h3-13,15H,14H2,1-2H3,(H,28,32)(H,29,31,33);2-12,14-15H,13H2,1H3,(H,30,33)(H,31,34,35);2-12,14-15H,13H2,1H3,(H,30,33)(H,31,34,35);1-10,12-13H,11H2,(H,28,31)(H,29,32,33). The maximum Gasteiger partial charge on any atom is 0.573 e. The minimum Gasteiger partial charge on any atom is -0.406 e. The smallest absolute Gasteiger partial charge is 0.406 e. The molecule has 8 N–H and O–H groups in total. The predicted molar refractivity (Wildman–Crippen MR) is 513 cm³/mol. The molecule has 35 heteroatoms. The summed E-state index contributed by atoms with van der Waals surface area (Å²) in [5.74, 6) is -2.39. The van der Waals surface area contributed by atoms with E-state index in [0.29, 0.717) is 105 Å². The Morgan fingerprint density at radius 2 is 0.693 bits per heavy atom. The number of hydrogen-bond acceptors (Lipinski definition) is 13. The quantitative estimate of drug-likeness (QED) is 0.0311. The number of aryl methyl sites for hydroxylation is 4. The number of nitrogens with one attached hydrogen (secondary N) is 8. The lowest BCUT2D eigenvalue weighted by Crippen LogP contribution is -2.30. The summed E-state index contributed by atoms with van der Waals surface area (Å²) in [6.07, 6.45) is -3.70. The predicted octanol–water partition coefficient (Wildman–Crippen LogP) is 18.7. The van der Waals surface area contributed by atoms with E-state index in [1.54, 1.807) is 166 Å². The molecule has 0 atom stereocenters. The summed E-state index contributed by atoms with van der Waals surface area (Å²) in [7, 11) is 0. The van der Waals surface area contributed by atoms with E-state index < -0.39 is 68.9 Å². The molecule has 694 valence electrons. The van der Waals surface area contributed by atoms with Crippen molar-refractivity contribution < 1.29 is 54.6 Å². The van der Waals surface area contributed by atoms with E-state index in [1.807, 2.05) is 91.6 Å². The summed E-state index contributed by atoms with van der Waals surface area (Å²) in [5, 5.41) is 12.9. The van der Waals surface area contributed by atoms with E-state index in [4.69, 9.17) is 34.8 Å². The van der Waals surface area contributed by atoms with Gasteiger partial charge in [0.05, 0.1) is 70.2 Å². The van der Waals surface area contributed by atoms with Crippen LogP contribution in [0, 0.1) is 33.5 Å². The van der Waals surface area contributed by atoms with E-state index in [-0.39, 0.29) is 55.1 Å². The number of carbonyl (C=O) groups excluding carboxylic acids is 4. The Kier molecular flexibility index (Phi) is 31.0. The Hall–Kier alpha value is -16.6. The number of alkyl halides is 6. The zero-order chi connectivity index (χ0) is 98.1. The Morgan fingerprint density at radius 1 is 0.328 bits per heavy atom. The van der Waals surface area contributed by atoms with Gasteiger partial charge in [-0.1, -0.05) is 174 Å². The minimum absolute atomic E-state index is 0.0210. The van der Waals surface area contributed by atoms with Gasteiger partial charge in [0, 0.05) is 63.6 Å². The number of anilines is 4. The molecule has 4 heterocycles. The molecule has 0 unspecified atom stereocenters. The lowest BCUT2D eigenvalue weighted by Gasteiger charge is -2.12. The zero-order valence-corrected chi connectivity index (χ0v) is 74.8. The number of carbonyl (C=O) groups is 4. The first-order chi connectivity index (χ1) is 65.3. The van der Waals surface area contributed by atoms with Gasteiger partial charge in [0.2, 0.25) is 29.4 Å². The van der Waals surface area contributed by atoms with Crippen LogP contribution >= 0.6 is 34.8 Å². The van der Waals surface area contributed by atoms with Gasteiger partial charge in [-0.3, -0.25) is 76.6 Å². The second-order valence-electron chi connectivity index (χ2n) is 31.1. The summed E-state index contributed by atoms with van der Waals surface area (Å²) < 4.78 is 99.0. The molecule has 16 aromatic rings. The van der Waals surface area contributed by atoms with Gasteiger partial charge >= 0.3 is 35.3 Å². The molecule has 0 aliphatic heterocycles. The number of hydrogen-bond donors (Lipinski definition) is 8. The molecule has 137 heavy (non-hydrogen) atoms. The SMILES string of the molecule is Cc1ccc(-c2cccc(CC(=O)Nc3ccc(-n4ccc(=O)[nH]c4=O)cc3C)c2)cc1Cl.Cc1cn(-c2ccc(NC(=O)Cc3cccc(-c4cccc(C(F)(F)F)c4)c3)cc2)c(=O)[nH]c1=O.Cc1cn(-c2ccc(NC(=O)Cc3cccc(-c4cccc(OC(F)(F)F)c4)c3)cc2)c(=O)[nH]c1=O.O=C(Cc1cccc(-c2ccc(Cl)c(Cl)c2)c1)Nc1ccc(-n2cc(F)c(=O)[nH]c2=O)cc1. The summed E-state index contributed by atoms with van der Waals surface area (Å²) in [5.41, 5.74) is 10.0. The molecule has 16 rings (SSSR count). The van der Waals surface area contributed by atoms with Crippen molar-refractivity contribution in [1.82, 2.24) is 38.2 Å². The summed E-state index contributed by atoms with van der Waals surface area (Å²) in [6, 6.07) is 76.7. The average molecular weight is 1920 g/mol. The van der Waals surface area contributed by atoms with Crippen LogP contribution in [0.3, 0.4) is 0 Å². The molecule has 25 nitrogen and oxygen atoms in total. The van der Waals surface area contributed by atoms with Crippen LogP contribution in [0.1, 0.15) is 50.1 Å². The molecule has 0 bridgehead atoms. The highest BCUT2D eigenvalue weighted by atomic mass is 35.5. The van der Waals surface area contributed by atoms with Gasteiger partial charge in [0.1, 0.15) is 5.75 Å². The van der Waals surface area contributed by atoms with E-state index >= 15 is 0 Å². The zero-order valence-electron chi connectivity index (χ0n) is 72.6. The van der Waals surface area contributed by atoms with Crippen LogP contribution in [-0.4, -0.2) is 68.2 Å². The second-order valence-corrected chi connectivity index (χ2v) is 32.3. The molecule has 0 spiro atoms. The Morgan fingerprint density at radius 3 is 1.10 bits per heavy atom. The van der Waals surface area contributed by atoms with E-state index in [0.717, 1.165) is 67.4 Å². The number of halogens is 10. The van der Waals surface area contributed by atoms with Crippen molar-refractivity contribution in [3.8, 4) is 73.0 Å². The Balaban J connectivity index is 0.000000154. The van der Waals surface area contributed by atoms with Gasteiger partial charge in [-0.15, -0.1) is 13.2 Å². The Bertz CT molecular complexity index is 7790. The van der Waals surface area contributed by atoms with Crippen LogP contribution in [0.4, 0.5) is 53.5 Å². The highest BCUT2D eigenvalue weighted by Gasteiger charge is 2.32. The molecule has 0 saturated carbocycles. The summed E-state index contributed by atoms with van der Waals surface area (Å²) in [6.45, 7) is 6.98. The number of nitrogens with zero attached hydrogens (tertiary/aromatic N) is 4. The maximum absolute atomic E-state index is 13.5. The van der Waals surface area contributed by atoms with Crippen molar-refractivity contribution in [3.63, 3.8) is 0 Å².